The molecule has 1 aromatic heterocycles. The lowest BCUT2D eigenvalue weighted by Gasteiger charge is -2.03. The molecule has 92 valence electrons. The molecular formula is C13H11BrFN3. The highest BCUT2D eigenvalue weighted by molar-refractivity contribution is 9.10. The van der Waals surface area contributed by atoms with Crippen LogP contribution < -0.4 is 5.73 Å². The number of rotatable bonds is 2. The van der Waals surface area contributed by atoms with Crippen molar-refractivity contribution < 1.29 is 4.39 Å². The Balaban J connectivity index is 2.55. The molecule has 0 aliphatic carbocycles. The number of anilines is 1. The Morgan fingerprint density at radius 2 is 2.28 bits per heavy atom. The Morgan fingerprint density at radius 3 is 2.89 bits per heavy atom. The van der Waals surface area contributed by atoms with E-state index in [1.54, 1.807) is 16.7 Å². The number of benzene rings is 1. The molecule has 0 atom stereocenters. The summed E-state index contributed by atoms with van der Waals surface area (Å²) in [5.74, 6) is 3.32. The number of hydrogen-bond acceptors (Lipinski definition) is 2. The van der Waals surface area contributed by atoms with Gasteiger partial charge in [-0.3, -0.25) is 0 Å². The lowest BCUT2D eigenvalue weighted by Crippen LogP contribution is -2.03. The maximum absolute atomic E-state index is 13.5. The third-order valence-corrected chi connectivity index (χ3v) is 3.28. The lowest BCUT2D eigenvalue weighted by atomic mass is 10.1. The Hall–Kier alpha value is -1.80. The van der Waals surface area contributed by atoms with Gasteiger partial charge in [-0.25, -0.2) is 9.37 Å². The molecule has 0 spiro atoms. The Bertz CT molecular complexity index is 640. The van der Waals surface area contributed by atoms with Gasteiger partial charge in [0.1, 0.15) is 23.2 Å². The van der Waals surface area contributed by atoms with Crippen molar-refractivity contribution in [2.75, 3.05) is 5.73 Å². The van der Waals surface area contributed by atoms with Crippen LogP contribution in [0.5, 0.6) is 0 Å². The van der Waals surface area contributed by atoms with Gasteiger partial charge >= 0.3 is 0 Å². The molecule has 0 aliphatic rings. The minimum Gasteiger partial charge on any atom is -0.383 e. The lowest BCUT2D eigenvalue weighted by molar-refractivity contribution is 0.621. The molecular weight excluding hydrogens is 297 g/mol. The van der Waals surface area contributed by atoms with Crippen molar-refractivity contribution in [3.05, 3.63) is 34.3 Å². The highest BCUT2D eigenvalue weighted by Crippen LogP contribution is 2.28. The SMILES string of the molecule is C#CCn1c(C)nc(-c2ccc(Br)c(F)c2)c1N. The molecule has 5 heteroatoms. The maximum atomic E-state index is 13.5. The Morgan fingerprint density at radius 1 is 1.56 bits per heavy atom. The van der Waals surface area contributed by atoms with Crippen molar-refractivity contribution in [2.24, 2.45) is 0 Å². The van der Waals surface area contributed by atoms with Crippen LogP contribution in [-0.4, -0.2) is 9.55 Å². The van der Waals surface area contributed by atoms with E-state index in [1.807, 2.05) is 6.92 Å². The van der Waals surface area contributed by atoms with Gasteiger partial charge in [0.15, 0.2) is 0 Å². The number of aryl methyl sites for hydroxylation is 1. The Labute approximate surface area is 113 Å². The Kier molecular flexibility index (Phi) is 3.39. The van der Waals surface area contributed by atoms with Gasteiger partial charge in [0.25, 0.3) is 0 Å². The van der Waals surface area contributed by atoms with Crippen molar-refractivity contribution in [1.82, 2.24) is 9.55 Å². The van der Waals surface area contributed by atoms with Crippen molar-refractivity contribution in [3.63, 3.8) is 0 Å². The van der Waals surface area contributed by atoms with Crippen molar-refractivity contribution in [2.45, 2.75) is 13.5 Å². The molecule has 0 radical (unpaired) electrons. The van der Waals surface area contributed by atoms with Gasteiger partial charge in [-0.15, -0.1) is 6.42 Å². The van der Waals surface area contributed by atoms with Crippen LogP contribution in [0.1, 0.15) is 5.82 Å². The summed E-state index contributed by atoms with van der Waals surface area (Å²) in [7, 11) is 0. The third-order valence-electron chi connectivity index (χ3n) is 2.64. The van der Waals surface area contributed by atoms with Gasteiger partial charge < -0.3 is 10.3 Å². The average Bonchev–Trinajstić information content (AvgIpc) is 2.61. The van der Waals surface area contributed by atoms with Crippen LogP contribution in [-0.2, 0) is 6.54 Å². The van der Waals surface area contributed by atoms with Gasteiger partial charge in [-0.2, -0.15) is 0 Å². The predicted molar refractivity (Wildman–Crippen MR) is 73.3 cm³/mol. The fraction of sp³-hybridized carbons (Fsp3) is 0.154. The quantitative estimate of drug-likeness (QED) is 0.867. The number of imidazole rings is 1. The number of nitrogen functional groups attached to an aromatic ring is 1. The predicted octanol–water partition coefficient (Wildman–Crippen LogP) is 2.98. The van der Waals surface area contributed by atoms with Crippen LogP contribution in [0, 0.1) is 25.1 Å². The molecule has 0 fully saturated rings. The summed E-state index contributed by atoms with van der Waals surface area (Å²) in [6.07, 6.45) is 5.27. The number of nitrogens with zero attached hydrogens (tertiary/aromatic N) is 2. The van der Waals surface area contributed by atoms with Crippen LogP contribution in [0.3, 0.4) is 0 Å². The fourth-order valence-corrected chi connectivity index (χ4v) is 1.97. The van der Waals surface area contributed by atoms with Crippen LogP contribution in [0.15, 0.2) is 22.7 Å². The molecule has 3 nitrogen and oxygen atoms in total. The van der Waals surface area contributed by atoms with E-state index in [0.717, 1.165) is 0 Å². The molecule has 2 rings (SSSR count). The molecule has 0 saturated carbocycles. The summed E-state index contributed by atoms with van der Waals surface area (Å²) in [4.78, 5) is 4.33. The standard InChI is InChI=1S/C13H11BrFN3/c1-3-6-18-8(2)17-12(13(18)16)9-4-5-10(14)11(15)7-9/h1,4-5,7H,6,16H2,2H3. The van der Waals surface area contributed by atoms with E-state index >= 15 is 0 Å². The zero-order valence-corrected chi connectivity index (χ0v) is 11.3. The van der Waals surface area contributed by atoms with Crippen LogP contribution in [0.25, 0.3) is 11.3 Å². The number of nitrogens with two attached hydrogens (primary N) is 1. The van der Waals surface area contributed by atoms with E-state index in [4.69, 9.17) is 12.2 Å². The second kappa shape index (κ2) is 4.83. The molecule has 18 heavy (non-hydrogen) atoms. The molecule has 0 bridgehead atoms. The van der Waals surface area contributed by atoms with E-state index < -0.39 is 0 Å². The minimum absolute atomic E-state index is 0.351. The zero-order valence-electron chi connectivity index (χ0n) is 9.74. The average molecular weight is 308 g/mol. The molecule has 0 saturated heterocycles. The zero-order chi connectivity index (χ0) is 13.3. The first-order valence-electron chi connectivity index (χ1n) is 5.26. The monoisotopic (exact) mass is 307 g/mol. The van der Waals surface area contributed by atoms with E-state index in [2.05, 4.69) is 26.8 Å². The third kappa shape index (κ3) is 2.12. The van der Waals surface area contributed by atoms with Crippen LogP contribution >= 0.6 is 15.9 Å². The van der Waals surface area contributed by atoms with Crippen molar-refractivity contribution >= 4 is 21.7 Å². The molecule has 1 aromatic carbocycles. The molecule has 2 N–H and O–H groups in total. The van der Waals surface area contributed by atoms with Crippen LogP contribution in [0.4, 0.5) is 10.2 Å². The van der Waals surface area contributed by atoms with Gasteiger partial charge in [-0.05, 0) is 35.0 Å². The topological polar surface area (TPSA) is 43.8 Å². The van der Waals surface area contributed by atoms with E-state index in [1.165, 1.54) is 6.07 Å². The largest absolute Gasteiger partial charge is 0.383 e. The highest BCUT2D eigenvalue weighted by atomic mass is 79.9. The molecule has 0 unspecified atom stereocenters. The van der Waals surface area contributed by atoms with E-state index in [0.29, 0.717) is 33.9 Å². The maximum Gasteiger partial charge on any atom is 0.138 e. The first-order chi connectivity index (χ1) is 8.54. The number of hydrogen-bond donors (Lipinski definition) is 1. The summed E-state index contributed by atoms with van der Waals surface area (Å²) in [5.41, 5.74) is 7.16. The second-order valence-electron chi connectivity index (χ2n) is 3.81. The summed E-state index contributed by atoms with van der Waals surface area (Å²) in [6, 6.07) is 4.77. The number of terminal acetylenes is 1. The van der Waals surface area contributed by atoms with Gasteiger partial charge in [0, 0.05) is 5.56 Å². The molecule has 2 aromatic rings. The van der Waals surface area contributed by atoms with E-state index in [-0.39, 0.29) is 5.82 Å². The second-order valence-corrected chi connectivity index (χ2v) is 4.67. The number of aromatic nitrogens is 2. The smallest absolute Gasteiger partial charge is 0.138 e. The molecule has 0 aliphatic heterocycles. The number of halogens is 2. The molecule has 0 amide bonds. The highest BCUT2D eigenvalue weighted by Gasteiger charge is 2.14. The van der Waals surface area contributed by atoms with Gasteiger partial charge in [0.2, 0.25) is 0 Å². The first kappa shape index (κ1) is 12.7. The normalized spacial score (nSPS) is 10.3. The summed E-state index contributed by atoms with van der Waals surface area (Å²) in [6.45, 7) is 2.16. The minimum atomic E-state index is -0.351. The summed E-state index contributed by atoms with van der Waals surface area (Å²) >= 11 is 3.11. The van der Waals surface area contributed by atoms with Gasteiger partial charge in [-0.1, -0.05) is 12.0 Å². The van der Waals surface area contributed by atoms with Gasteiger partial charge in [0.05, 0.1) is 11.0 Å². The summed E-state index contributed by atoms with van der Waals surface area (Å²) < 4.78 is 15.6. The van der Waals surface area contributed by atoms with Crippen molar-refractivity contribution in [1.29, 1.82) is 0 Å². The summed E-state index contributed by atoms with van der Waals surface area (Å²) in [5, 5.41) is 0. The molecule has 1 heterocycles. The van der Waals surface area contributed by atoms with Crippen molar-refractivity contribution in [3.8, 4) is 23.6 Å². The fourth-order valence-electron chi connectivity index (χ4n) is 1.73. The van der Waals surface area contributed by atoms with E-state index in [9.17, 15) is 4.39 Å². The van der Waals surface area contributed by atoms with Crippen LogP contribution in [0.2, 0.25) is 0 Å². The first-order valence-corrected chi connectivity index (χ1v) is 6.05.